The highest BCUT2D eigenvalue weighted by atomic mass is 35.5. The number of hydrogen-bond donors (Lipinski definition) is 2. The second-order valence-corrected chi connectivity index (χ2v) is 6.37. The first kappa shape index (κ1) is 15.9. The maximum atomic E-state index is 12.6. The van der Waals surface area contributed by atoms with E-state index in [2.05, 4.69) is 14.8 Å². The molecule has 1 aromatic carbocycles. The number of fused-ring (bicyclic) bond motifs is 1. The summed E-state index contributed by atoms with van der Waals surface area (Å²) in [5, 5.41) is 4.54. The number of anilines is 1. The topological polar surface area (TPSA) is 62.7 Å². The Bertz CT molecular complexity index is 902. The summed E-state index contributed by atoms with van der Waals surface area (Å²) >= 11 is 5.87. The van der Waals surface area contributed by atoms with Gasteiger partial charge in [-0.1, -0.05) is 17.7 Å². The van der Waals surface area contributed by atoms with Gasteiger partial charge in [0.15, 0.2) is 16.7 Å². The van der Waals surface area contributed by atoms with Gasteiger partial charge in [-0.15, -0.1) is 0 Å². The molecular weight excluding hydrogens is 353 g/mol. The zero-order valence-corrected chi connectivity index (χ0v) is 13.2. The zero-order chi connectivity index (χ0) is 16.8. The minimum absolute atomic E-state index is 0.000952. The first-order valence-corrected chi connectivity index (χ1v) is 7.85. The van der Waals surface area contributed by atoms with Crippen molar-refractivity contribution in [2.75, 3.05) is 4.72 Å². The lowest BCUT2D eigenvalue weighted by Crippen LogP contribution is -2.08. The number of halogens is 4. The molecule has 0 spiro atoms. The molecule has 1 unspecified atom stereocenters. The molecule has 0 saturated carbocycles. The number of benzene rings is 1. The van der Waals surface area contributed by atoms with Gasteiger partial charge in [0.05, 0.1) is 4.90 Å². The highest BCUT2D eigenvalue weighted by Crippen LogP contribution is 2.30. The molecular formula is C13H10ClF3N4OS. The first-order chi connectivity index (χ1) is 10.8. The molecule has 3 rings (SSSR count). The Labute approximate surface area is 136 Å². The molecule has 0 amide bonds. The first-order valence-electron chi connectivity index (χ1n) is 6.32. The van der Waals surface area contributed by atoms with Crippen LogP contribution < -0.4 is 4.72 Å². The summed E-state index contributed by atoms with van der Waals surface area (Å²) in [6.45, 7) is 0. The number of H-pyrrole nitrogens is 1. The maximum Gasteiger partial charge on any atom is 0.435 e. The number of aromatic amines is 1. The predicted molar refractivity (Wildman–Crippen MR) is 81.5 cm³/mol. The van der Waals surface area contributed by atoms with E-state index in [1.807, 2.05) is 0 Å². The maximum absolute atomic E-state index is 12.6. The van der Waals surface area contributed by atoms with Crippen molar-refractivity contribution < 1.29 is 17.4 Å². The molecule has 5 nitrogen and oxygen atoms in total. The molecule has 23 heavy (non-hydrogen) atoms. The van der Waals surface area contributed by atoms with E-state index >= 15 is 0 Å². The van der Waals surface area contributed by atoms with Crippen molar-refractivity contribution in [3.05, 3.63) is 41.2 Å². The highest BCUT2D eigenvalue weighted by Gasteiger charge is 2.34. The Hall–Kier alpha value is -2.00. The van der Waals surface area contributed by atoms with Crippen LogP contribution in [0.15, 0.2) is 35.4 Å². The molecule has 0 aliphatic heterocycles. The molecule has 122 valence electrons. The third-order valence-electron chi connectivity index (χ3n) is 3.17. The molecule has 2 heterocycles. The van der Waals surface area contributed by atoms with Crippen molar-refractivity contribution in [3.63, 3.8) is 0 Å². The summed E-state index contributed by atoms with van der Waals surface area (Å²) in [6, 6.07) is 5.81. The predicted octanol–water partition coefficient (Wildman–Crippen LogP) is 3.71. The van der Waals surface area contributed by atoms with E-state index in [4.69, 9.17) is 11.6 Å². The molecule has 2 N–H and O–H groups in total. The molecule has 1 atom stereocenters. The van der Waals surface area contributed by atoms with Gasteiger partial charge in [-0.2, -0.15) is 18.3 Å². The molecule has 0 saturated heterocycles. The van der Waals surface area contributed by atoms with E-state index in [0.29, 0.717) is 20.8 Å². The van der Waals surface area contributed by atoms with E-state index in [0.717, 1.165) is 10.7 Å². The molecule has 0 bridgehead atoms. The second kappa shape index (κ2) is 5.57. The summed E-state index contributed by atoms with van der Waals surface area (Å²) in [4.78, 5) is 3.33. The summed E-state index contributed by atoms with van der Waals surface area (Å²) in [5.41, 5.74) is -0.367. The van der Waals surface area contributed by atoms with E-state index in [9.17, 15) is 17.4 Å². The summed E-state index contributed by atoms with van der Waals surface area (Å²) in [5.74, 6) is -0.000952. The number of rotatable bonds is 3. The molecule has 0 aliphatic rings. The van der Waals surface area contributed by atoms with Crippen LogP contribution in [0.3, 0.4) is 0 Å². The molecule has 0 fully saturated rings. The van der Waals surface area contributed by atoms with Gasteiger partial charge in [-0.25, -0.2) is 4.21 Å². The quantitative estimate of drug-likeness (QED) is 0.746. The average Bonchev–Trinajstić information content (AvgIpc) is 3.02. The van der Waals surface area contributed by atoms with Gasteiger partial charge in [-0.3, -0.25) is 9.40 Å². The van der Waals surface area contributed by atoms with Crippen LogP contribution in [0.25, 0.3) is 10.9 Å². The van der Waals surface area contributed by atoms with Gasteiger partial charge in [-0.05, 0) is 12.1 Å². The number of aromatic nitrogens is 3. The number of nitrogens with zero attached hydrogens (tertiary/aromatic N) is 2. The van der Waals surface area contributed by atoms with Crippen LogP contribution in [0.2, 0.25) is 5.02 Å². The standard InChI is InChI=1S/C13H10ClF3N4OS/c1-21-12(5-11(19-21)13(15,16)17)20-23(22)10-6-18-9-4-7(14)2-3-8(9)10/h2-6,18,20H,1H3. The lowest BCUT2D eigenvalue weighted by molar-refractivity contribution is -0.141. The Morgan fingerprint density at radius 3 is 2.74 bits per heavy atom. The van der Waals surface area contributed by atoms with Crippen LogP contribution in [0.5, 0.6) is 0 Å². The van der Waals surface area contributed by atoms with E-state index in [-0.39, 0.29) is 5.82 Å². The summed E-state index contributed by atoms with van der Waals surface area (Å²) in [6.07, 6.45) is -3.04. The van der Waals surface area contributed by atoms with Gasteiger partial charge in [0, 0.05) is 35.2 Å². The Morgan fingerprint density at radius 1 is 1.35 bits per heavy atom. The fourth-order valence-corrected chi connectivity index (χ4v) is 3.28. The third kappa shape index (κ3) is 3.06. The summed E-state index contributed by atoms with van der Waals surface area (Å²) < 4.78 is 53.9. The number of hydrogen-bond acceptors (Lipinski definition) is 2. The highest BCUT2D eigenvalue weighted by molar-refractivity contribution is 7.86. The van der Waals surface area contributed by atoms with Gasteiger partial charge < -0.3 is 4.98 Å². The zero-order valence-electron chi connectivity index (χ0n) is 11.6. The van der Waals surface area contributed by atoms with Crippen LogP contribution >= 0.6 is 11.6 Å². The van der Waals surface area contributed by atoms with Gasteiger partial charge in [0.2, 0.25) is 0 Å². The van der Waals surface area contributed by atoms with E-state index in [1.54, 1.807) is 18.2 Å². The Kier molecular flexibility index (Phi) is 3.85. The van der Waals surface area contributed by atoms with Gasteiger partial charge in [0.1, 0.15) is 5.82 Å². The molecule has 0 radical (unpaired) electrons. The van der Waals surface area contributed by atoms with E-state index < -0.39 is 22.9 Å². The second-order valence-electron chi connectivity index (χ2n) is 4.75. The lowest BCUT2D eigenvalue weighted by atomic mass is 10.2. The number of aryl methyl sites for hydroxylation is 1. The van der Waals surface area contributed by atoms with Gasteiger partial charge in [0.25, 0.3) is 0 Å². The van der Waals surface area contributed by atoms with E-state index in [1.165, 1.54) is 13.2 Å². The SMILES string of the molecule is Cn1nc(C(F)(F)F)cc1NS(=O)c1c[nH]c2cc(Cl)ccc12. The van der Waals surface area contributed by atoms with Crippen molar-refractivity contribution >= 4 is 39.3 Å². The smallest absolute Gasteiger partial charge is 0.360 e. The average molecular weight is 363 g/mol. The molecule has 10 heteroatoms. The van der Waals surface area contributed by atoms with Gasteiger partial charge >= 0.3 is 6.18 Å². The fourth-order valence-electron chi connectivity index (χ4n) is 2.08. The molecule has 3 aromatic rings. The Balaban J connectivity index is 1.91. The van der Waals surface area contributed by atoms with Crippen molar-refractivity contribution in [2.24, 2.45) is 7.05 Å². The minimum atomic E-state index is -4.56. The lowest BCUT2D eigenvalue weighted by Gasteiger charge is -2.04. The number of alkyl halides is 3. The van der Waals surface area contributed by atoms with Crippen molar-refractivity contribution in [3.8, 4) is 0 Å². The third-order valence-corrected chi connectivity index (χ3v) is 4.54. The summed E-state index contributed by atoms with van der Waals surface area (Å²) in [7, 11) is -0.424. The van der Waals surface area contributed by atoms with Crippen molar-refractivity contribution in [1.82, 2.24) is 14.8 Å². The molecule has 2 aromatic heterocycles. The van der Waals surface area contributed by atoms with Crippen LogP contribution in [-0.4, -0.2) is 19.0 Å². The normalized spacial score (nSPS) is 13.4. The van der Waals surface area contributed by atoms with Crippen LogP contribution in [0, 0.1) is 0 Å². The van der Waals surface area contributed by atoms with Crippen LogP contribution in [-0.2, 0) is 24.2 Å². The fraction of sp³-hybridized carbons (Fsp3) is 0.154. The number of nitrogens with one attached hydrogen (secondary N) is 2. The Morgan fingerprint density at radius 2 is 2.09 bits per heavy atom. The molecule has 0 aliphatic carbocycles. The van der Waals surface area contributed by atoms with Crippen LogP contribution in [0.1, 0.15) is 5.69 Å². The van der Waals surface area contributed by atoms with Crippen molar-refractivity contribution in [1.29, 1.82) is 0 Å². The van der Waals surface area contributed by atoms with Crippen LogP contribution in [0.4, 0.5) is 19.0 Å². The van der Waals surface area contributed by atoms with Crippen molar-refractivity contribution in [2.45, 2.75) is 11.1 Å². The largest absolute Gasteiger partial charge is 0.435 e. The minimum Gasteiger partial charge on any atom is -0.360 e. The monoisotopic (exact) mass is 362 g/mol.